The number of amides is 1. The molecule has 22 heavy (non-hydrogen) atoms. The van der Waals surface area contributed by atoms with E-state index >= 15 is 0 Å². The fourth-order valence-electron chi connectivity index (χ4n) is 2.49. The van der Waals surface area contributed by atoms with Crippen molar-refractivity contribution in [3.8, 4) is 0 Å². The summed E-state index contributed by atoms with van der Waals surface area (Å²) in [6.45, 7) is -1.79. The van der Waals surface area contributed by atoms with Crippen molar-refractivity contribution in [1.82, 2.24) is 4.90 Å². The Labute approximate surface area is 129 Å². The van der Waals surface area contributed by atoms with Crippen molar-refractivity contribution in [2.45, 2.75) is 24.6 Å². The van der Waals surface area contributed by atoms with E-state index in [0.717, 1.165) is 6.07 Å². The number of benzene rings is 1. The van der Waals surface area contributed by atoms with Crippen LogP contribution in [0.25, 0.3) is 0 Å². The second-order valence-electron chi connectivity index (χ2n) is 5.02. The van der Waals surface area contributed by atoms with Crippen molar-refractivity contribution in [2.75, 3.05) is 13.1 Å². The molecule has 0 unspecified atom stereocenters. The summed E-state index contributed by atoms with van der Waals surface area (Å²) in [4.78, 5) is 12.2. The first-order chi connectivity index (χ1) is 9.69. The minimum Gasteiger partial charge on any atom is -0.332 e. The second-order valence-corrected chi connectivity index (χ2v) is 5.02. The average molecular weight is 345 g/mol. The van der Waals surface area contributed by atoms with Crippen LogP contribution >= 0.6 is 12.4 Å². The molecule has 1 aliphatic heterocycles. The van der Waals surface area contributed by atoms with E-state index in [-0.39, 0.29) is 30.9 Å². The molecule has 124 valence electrons. The monoisotopic (exact) mass is 344 g/mol. The smallest absolute Gasteiger partial charge is 0.332 e. The van der Waals surface area contributed by atoms with E-state index in [0.29, 0.717) is 4.90 Å². The molecule has 2 rings (SSSR count). The topological polar surface area (TPSA) is 46.3 Å². The van der Waals surface area contributed by atoms with Gasteiger partial charge in [-0.25, -0.2) is 8.78 Å². The Balaban J connectivity index is 0.00000242. The summed E-state index contributed by atoms with van der Waals surface area (Å²) in [6, 6.07) is 2.32. The molecule has 1 aromatic carbocycles. The molecule has 3 nitrogen and oxygen atoms in total. The van der Waals surface area contributed by atoms with E-state index in [1.54, 1.807) is 0 Å². The highest BCUT2D eigenvalue weighted by Gasteiger charge is 2.40. The summed E-state index contributed by atoms with van der Waals surface area (Å²) < 4.78 is 64.3. The predicted molar refractivity (Wildman–Crippen MR) is 71.6 cm³/mol. The molecule has 1 aliphatic rings. The lowest BCUT2D eigenvalue weighted by Crippen LogP contribution is -2.53. The molecule has 9 heteroatoms. The number of halogens is 6. The van der Waals surface area contributed by atoms with E-state index in [1.165, 1.54) is 12.1 Å². The Morgan fingerprint density at radius 2 is 1.91 bits per heavy atom. The fraction of sp³-hybridized carbons (Fsp3) is 0.462. The zero-order valence-electron chi connectivity index (χ0n) is 11.2. The first-order valence-corrected chi connectivity index (χ1v) is 6.24. The van der Waals surface area contributed by atoms with Gasteiger partial charge in [0, 0.05) is 12.5 Å². The second kappa shape index (κ2) is 6.78. The molecule has 1 heterocycles. The molecule has 0 bridgehead atoms. The third kappa shape index (κ3) is 4.07. The molecular formula is C13H14ClF5N2O. The number of alkyl halides is 3. The maximum Gasteiger partial charge on any atom is 0.406 e. The number of rotatable bonds is 2. The molecule has 1 fully saturated rings. The van der Waals surface area contributed by atoms with Gasteiger partial charge in [-0.2, -0.15) is 13.2 Å². The fourth-order valence-corrected chi connectivity index (χ4v) is 2.49. The van der Waals surface area contributed by atoms with E-state index < -0.39 is 42.2 Å². The molecule has 0 saturated carbocycles. The molecule has 1 amide bonds. The molecule has 2 N–H and O–H groups in total. The third-order valence-corrected chi connectivity index (χ3v) is 3.40. The zero-order chi connectivity index (χ0) is 15.8. The Morgan fingerprint density at radius 3 is 2.50 bits per heavy atom. The molecule has 0 spiro atoms. The van der Waals surface area contributed by atoms with E-state index in [4.69, 9.17) is 5.73 Å². The lowest BCUT2D eigenvalue weighted by atomic mass is 9.87. The average Bonchev–Trinajstić information content (AvgIpc) is 2.36. The summed E-state index contributed by atoms with van der Waals surface area (Å²) >= 11 is 0. The van der Waals surface area contributed by atoms with Crippen LogP contribution in [0.3, 0.4) is 0 Å². The number of hydrogen-bond donors (Lipinski definition) is 1. The van der Waals surface area contributed by atoms with Gasteiger partial charge in [0.15, 0.2) is 11.6 Å². The van der Waals surface area contributed by atoms with Crippen molar-refractivity contribution in [3.63, 3.8) is 0 Å². The number of hydrogen-bond acceptors (Lipinski definition) is 2. The van der Waals surface area contributed by atoms with Crippen molar-refractivity contribution in [2.24, 2.45) is 5.73 Å². The summed E-state index contributed by atoms with van der Waals surface area (Å²) in [5.41, 5.74) is 5.46. The van der Waals surface area contributed by atoms with Gasteiger partial charge in [-0.05, 0) is 18.1 Å². The Morgan fingerprint density at radius 1 is 1.27 bits per heavy atom. The van der Waals surface area contributed by atoms with Crippen molar-refractivity contribution in [3.05, 3.63) is 35.4 Å². The van der Waals surface area contributed by atoms with Gasteiger partial charge in [-0.1, -0.05) is 12.1 Å². The van der Waals surface area contributed by atoms with Gasteiger partial charge in [-0.15, -0.1) is 12.4 Å². The van der Waals surface area contributed by atoms with Gasteiger partial charge in [0.25, 0.3) is 0 Å². The van der Waals surface area contributed by atoms with E-state index in [9.17, 15) is 26.7 Å². The predicted octanol–water partition coefficient (Wildman–Crippen LogP) is 2.59. The maximum atomic E-state index is 13.7. The van der Waals surface area contributed by atoms with Crippen LogP contribution in [-0.2, 0) is 4.79 Å². The van der Waals surface area contributed by atoms with Crippen LogP contribution in [0.1, 0.15) is 17.9 Å². The van der Waals surface area contributed by atoms with Crippen LogP contribution in [0.15, 0.2) is 18.2 Å². The molecular weight excluding hydrogens is 331 g/mol. The molecule has 1 saturated heterocycles. The van der Waals surface area contributed by atoms with Gasteiger partial charge in [0.1, 0.15) is 6.54 Å². The maximum absolute atomic E-state index is 13.7. The summed E-state index contributed by atoms with van der Waals surface area (Å²) in [6.07, 6.45) is -4.59. The largest absolute Gasteiger partial charge is 0.406 e. The van der Waals surface area contributed by atoms with Crippen molar-refractivity contribution < 1.29 is 26.7 Å². The Kier molecular flexibility index (Phi) is 5.75. The standard InChI is InChI=1S/C13H13F5N2O.ClH/c14-9-3-1-2-8(11(9)15)7-4-10(19)12(21)20(5-7)6-13(16,17)18;/h1-3,7,10H,4-6,19H2;1H/t7-,10+;/m1./s1. The van der Waals surface area contributed by atoms with Crippen molar-refractivity contribution >= 4 is 18.3 Å². The third-order valence-electron chi connectivity index (χ3n) is 3.40. The number of carbonyl (C=O) groups is 1. The summed E-state index contributed by atoms with van der Waals surface area (Å²) in [5.74, 6) is -3.80. The van der Waals surface area contributed by atoms with Gasteiger partial charge < -0.3 is 10.6 Å². The minimum absolute atomic E-state index is 0. The normalized spacial score (nSPS) is 22.5. The molecule has 0 radical (unpaired) electrons. The SMILES string of the molecule is Cl.N[C@H]1C[C@@H](c2cccc(F)c2F)CN(CC(F)(F)F)C1=O. The van der Waals surface area contributed by atoms with Gasteiger partial charge in [0.2, 0.25) is 5.91 Å². The summed E-state index contributed by atoms with van der Waals surface area (Å²) in [5, 5.41) is 0. The number of nitrogens with zero attached hydrogens (tertiary/aromatic N) is 1. The number of nitrogens with two attached hydrogens (primary N) is 1. The van der Waals surface area contributed by atoms with Gasteiger partial charge in [-0.3, -0.25) is 4.79 Å². The molecule has 0 aliphatic carbocycles. The zero-order valence-corrected chi connectivity index (χ0v) is 12.1. The van der Waals surface area contributed by atoms with Crippen molar-refractivity contribution in [1.29, 1.82) is 0 Å². The van der Waals surface area contributed by atoms with Gasteiger partial charge in [0.05, 0.1) is 6.04 Å². The Bertz CT molecular complexity index is 552. The quantitative estimate of drug-likeness (QED) is 0.838. The minimum atomic E-state index is -4.57. The van der Waals surface area contributed by atoms with Crippen LogP contribution in [0.4, 0.5) is 22.0 Å². The lowest BCUT2D eigenvalue weighted by molar-refractivity contribution is -0.165. The van der Waals surface area contributed by atoms with Gasteiger partial charge >= 0.3 is 6.18 Å². The summed E-state index contributed by atoms with van der Waals surface area (Å²) in [7, 11) is 0. The number of likely N-dealkylation sites (tertiary alicyclic amines) is 1. The first kappa shape index (κ1) is 18.6. The highest BCUT2D eigenvalue weighted by Crippen LogP contribution is 2.31. The van der Waals surface area contributed by atoms with E-state index in [1.807, 2.05) is 0 Å². The highest BCUT2D eigenvalue weighted by atomic mass is 35.5. The van der Waals surface area contributed by atoms with Crippen LogP contribution in [0, 0.1) is 11.6 Å². The molecule has 2 atom stereocenters. The van der Waals surface area contributed by atoms with Crippen LogP contribution in [0.5, 0.6) is 0 Å². The number of carbonyl (C=O) groups excluding carboxylic acids is 1. The van der Waals surface area contributed by atoms with Crippen LogP contribution in [-0.4, -0.2) is 36.1 Å². The van der Waals surface area contributed by atoms with Crippen LogP contribution in [0.2, 0.25) is 0 Å². The van der Waals surface area contributed by atoms with E-state index in [2.05, 4.69) is 0 Å². The van der Waals surface area contributed by atoms with Crippen LogP contribution < -0.4 is 5.73 Å². The molecule has 1 aromatic rings. The Hall–Kier alpha value is -1.41. The lowest BCUT2D eigenvalue weighted by Gasteiger charge is -2.36. The molecule has 0 aromatic heterocycles. The highest BCUT2D eigenvalue weighted by molar-refractivity contribution is 5.85. The number of piperidine rings is 1. The first-order valence-electron chi connectivity index (χ1n) is 6.24.